The third kappa shape index (κ3) is 4.96. The second-order valence-corrected chi connectivity index (χ2v) is 5.40. The smallest absolute Gasteiger partial charge is 0.244 e. The molecule has 5 nitrogen and oxygen atoms in total. The fourth-order valence-corrected chi connectivity index (χ4v) is 2.23. The van der Waals surface area contributed by atoms with Crippen LogP contribution in [0.3, 0.4) is 0 Å². The molecule has 1 aromatic heterocycles. The number of carbonyl (C=O) groups is 1. The predicted molar refractivity (Wildman–Crippen MR) is 87.9 cm³/mol. The molecule has 0 saturated heterocycles. The van der Waals surface area contributed by atoms with Gasteiger partial charge in [-0.1, -0.05) is 6.07 Å². The van der Waals surface area contributed by atoms with E-state index >= 15 is 0 Å². The molecule has 0 aliphatic rings. The van der Waals surface area contributed by atoms with Crippen molar-refractivity contribution in [1.82, 2.24) is 5.32 Å². The van der Waals surface area contributed by atoms with Crippen molar-refractivity contribution in [3.8, 4) is 5.75 Å². The van der Waals surface area contributed by atoms with Gasteiger partial charge in [-0.15, -0.1) is 0 Å². The van der Waals surface area contributed by atoms with E-state index in [0.717, 1.165) is 0 Å². The van der Waals surface area contributed by atoms with E-state index in [1.807, 2.05) is 0 Å². The summed E-state index contributed by atoms with van der Waals surface area (Å²) in [4.78, 5) is 11.9. The van der Waals surface area contributed by atoms with Crippen LogP contribution in [-0.4, -0.2) is 24.2 Å². The van der Waals surface area contributed by atoms with Crippen molar-refractivity contribution in [2.24, 2.45) is 0 Å². The third-order valence-electron chi connectivity index (χ3n) is 3.44. The van der Waals surface area contributed by atoms with Crippen LogP contribution in [0.2, 0.25) is 0 Å². The monoisotopic (exact) mass is 333 g/mol. The van der Waals surface area contributed by atoms with Gasteiger partial charge in [0.05, 0.1) is 13.4 Å². The zero-order chi connectivity index (χ0) is 17.5. The highest BCUT2D eigenvalue weighted by Gasteiger charge is 2.15. The topological polar surface area (TPSA) is 71.7 Å². The molecule has 2 atom stereocenters. The van der Waals surface area contributed by atoms with Gasteiger partial charge in [0.25, 0.3) is 0 Å². The summed E-state index contributed by atoms with van der Waals surface area (Å²) in [7, 11) is 1.38. The van der Waals surface area contributed by atoms with Crippen LogP contribution in [0.4, 0.5) is 4.39 Å². The van der Waals surface area contributed by atoms with Gasteiger partial charge in [-0.3, -0.25) is 4.79 Å². The van der Waals surface area contributed by atoms with E-state index in [-0.39, 0.29) is 17.7 Å². The van der Waals surface area contributed by atoms with Crippen molar-refractivity contribution >= 4 is 12.0 Å². The molecular formula is C18H20FNO4. The summed E-state index contributed by atoms with van der Waals surface area (Å²) in [5.74, 6) is -0.186. The van der Waals surface area contributed by atoms with E-state index in [1.54, 1.807) is 31.2 Å². The van der Waals surface area contributed by atoms with Gasteiger partial charge in [0.15, 0.2) is 11.6 Å². The molecule has 2 N–H and O–H groups in total. The number of rotatable bonds is 7. The average Bonchev–Trinajstić information content (AvgIpc) is 3.08. The van der Waals surface area contributed by atoms with Crippen LogP contribution in [-0.2, 0) is 4.79 Å². The lowest BCUT2D eigenvalue weighted by Crippen LogP contribution is -2.32. The molecule has 0 fully saturated rings. The first-order valence-corrected chi connectivity index (χ1v) is 7.53. The SMILES string of the molecule is COc1cc(/C=C/C(=O)NC(C)CC(O)c2ccco2)ccc1F. The number of furan rings is 1. The van der Waals surface area contributed by atoms with Crippen LogP contribution in [0.15, 0.2) is 47.1 Å². The van der Waals surface area contributed by atoms with Crippen LogP contribution < -0.4 is 10.1 Å². The standard InChI is InChI=1S/C18H20FNO4/c1-12(10-15(21)16-4-3-9-24-16)20-18(22)8-6-13-5-7-14(19)17(11-13)23-2/h3-9,11-12,15,21H,10H2,1-2H3,(H,20,22)/b8-6+. The van der Waals surface area contributed by atoms with Crippen molar-refractivity contribution in [3.63, 3.8) is 0 Å². The normalized spacial score (nSPS) is 13.7. The van der Waals surface area contributed by atoms with E-state index in [4.69, 9.17) is 9.15 Å². The summed E-state index contributed by atoms with van der Waals surface area (Å²) in [6.07, 6.45) is 3.95. The van der Waals surface area contributed by atoms with Gasteiger partial charge in [0, 0.05) is 18.5 Å². The first kappa shape index (κ1) is 17.7. The quantitative estimate of drug-likeness (QED) is 0.764. The molecule has 2 unspecified atom stereocenters. The molecule has 1 amide bonds. The number of hydrogen-bond acceptors (Lipinski definition) is 4. The Hall–Kier alpha value is -2.60. The molecular weight excluding hydrogens is 313 g/mol. The van der Waals surface area contributed by atoms with Crippen LogP contribution in [0.25, 0.3) is 6.08 Å². The Morgan fingerprint density at radius 1 is 1.46 bits per heavy atom. The molecule has 0 radical (unpaired) electrons. The third-order valence-corrected chi connectivity index (χ3v) is 3.44. The lowest BCUT2D eigenvalue weighted by atomic mass is 10.1. The molecule has 0 aliphatic heterocycles. The number of nitrogens with one attached hydrogen (secondary N) is 1. The molecule has 128 valence electrons. The van der Waals surface area contributed by atoms with Crippen LogP contribution in [0, 0.1) is 5.82 Å². The molecule has 6 heteroatoms. The van der Waals surface area contributed by atoms with Crippen molar-refractivity contribution in [2.75, 3.05) is 7.11 Å². The predicted octanol–water partition coefficient (Wildman–Crippen LogP) is 3.07. The summed E-state index contributed by atoms with van der Waals surface area (Å²) in [6.45, 7) is 1.79. The average molecular weight is 333 g/mol. The Balaban J connectivity index is 1.88. The minimum absolute atomic E-state index is 0.118. The Bertz CT molecular complexity index is 697. The van der Waals surface area contributed by atoms with Crippen molar-refractivity contribution in [1.29, 1.82) is 0 Å². The van der Waals surface area contributed by atoms with Gasteiger partial charge < -0.3 is 19.6 Å². The van der Waals surface area contributed by atoms with Gasteiger partial charge >= 0.3 is 0 Å². The second kappa shape index (κ2) is 8.31. The molecule has 0 spiro atoms. The van der Waals surface area contributed by atoms with E-state index in [2.05, 4.69) is 5.32 Å². The Morgan fingerprint density at radius 2 is 2.25 bits per heavy atom. The lowest BCUT2D eigenvalue weighted by molar-refractivity contribution is -0.117. The molecule has 2 rings (SSSR count). The van der Waals surface area contributed by atoms with Crippen LogP contribution >= 0.6 is 0 Å². The lowest BCUT2D eigenvalue weighted by Gasteiger charge is -2.15. The maximum atomic E-state index is 13.3. The summed E-state index contributed by atoms with van der Waals surface area (Å²) in [6, 6.07) is 7.46. The second-order valence-electron chi connectivity index (χ2n) is 5.40. The molecule has 0 aliphatic carbocycles. The van der Waals surface area contributed by atoms with Gasteiger partial charge in [0.1, 0.15) is 11.9 Å². The van der Waals surface area contributed by atoms with Gasteiger partial charge in [-0.2, -0.15) is 0 Å². The highest BCUT2D eigenvalue weighted by molar-refractivity contribution is 5.91. The first-order valence-electron chi connectivity index (χ1n) is 7.53. The zero-order valence-corrected chi connectivity index (χ0v) is 13.5. The fourth-order valence-electron chi connectivity index (χ4n) is 2.23. The minimum atomic E-state index is -0.777. The van der Waals surface area contributed by atoms with E-state index in [9.17, 15) is 14.3 Å². The number of halogens is 1. The summed E-state index contributed by atoms with van der Waals surface area (Å²) >= 11 is 0. The summed E-state index contributed by atoms with van der Waals surface area (Å²) in [5, 5.41) is 12.7. The van der Waals surface area contributed by atoms with Crippen LogP contribution in [0.5, 0.6) is 5.75 Å². The Kier molecular flexibility index (Phi) is 6.14. The van der Waals surface area contributed by atoms with Gasteiger partial charge in [0.2, 0.25) is 5.91 Å². The van der Waals surface area contributed by atoms with Crippen molar-refractivity contribution < 1.29 is 23.4 Å². The number of amides is 1. The van der Waals surface area contributed by atoms with Gasteiger partial charge in [-0.05, 0) is 42.8 Å². The van der Waals surface area contributed by atoms with Crippen molar-refractivity contribution in [3.05, 3.63) is 59.8 Å². The molecule has 1 heterocycles. The van der Waals surface area contributed by atoms with Crippen LogP contribution in [0.1, 0.15) is 30.8 Å². The minimum Gasteiger partial charge on any atom is -0.494 e. The molecule has 0 saturated carbocycles. The highest BCUT2D eigenvalue weighted by Crippen LogP contribution is 2.20. The summed E-state index contributed by atoms with van der Waals surface area (Å²) < 4.78 is 23.3. The number of hydrogen-bond donors (Lipinski definition) is 2. The van der Waals surface area contributed by atoms with Crippen molar-refractivity contribution in [2.45, 2.75) is 25.5 Å². The first-order chi connectivity index (χ1) is 11.5. The fraction of sp³-hybridized carbons (Fsp3) is 0.278. The molecule has 2 aromatic rings. The number of ether oxygens (including phenoxy) is 1. The van der Waals surface area contributed by atoms with E-state index < -0.39 is 11.9 Å². The van der Waals surface area contributed by atoms with E-state index in [1.165, 1.54) is 31.6 Å². The highest BCUT2D eigenvalue weighted by atomic mass is 19.1. The number of aliphatic hydroxyl groups excluding tert-OH is 1. The zero-order valence-electron chi connectivity index (χ0n) is 13.5. The molecule has 1 aromatic carbocycles. The Labute approximate surface area is 139 Å². The molecule has 0 bridgehead atoms. The number of benzene rings is 1. The van der Waals surface area contributed by atoms with Gasteiger partial charge in [-0.25, -0.2) is 4.39 Å². The van der Waals surface area contributed by atoms with E-state index in [0.29, 0.717) is 17.7 Å². The molecule has 24 heavy (non-hydrogen) atoms. The number of aliphatic hydroxyl groups is 1. The largest absolute Gasteiger partial charge is 0.494 e. The maximum absolute atomic E-state index is 13.3. The number of carbonyl (C=O) groups excluding carboxylic acids is 1. The summed E-state index contributed by atoms with van der Waals surface area (Å²) in [5.41, 5.74) is 0.645. The maximum Gasteiger partial charge on any atom is 0.244 e. The Morgan fingerprint density at radius 3 is 2.92 bits per heavy atom. The number of methoxy groups -OCH3 is 1.